The maximum atomic E-state index is 13.0. The number of rotatable bonds is 8. The summed E-state index contributed by atoms with van der Waals surface area (Å²) in [6, 6.07) is 0. The van der Waals surface area contributed by atoms with Crippen LogP contribution in [0.5, 0.6) is 0 Å². The maximum Gasteiger partial charge on any atom is 0.140 e. The molecule has 0 radical (unpaired) electrons. The van der Waals surface area contributed by atoms with Crippen LogP contribution in [0.2, 0.25) is 0 Å². The van der Waals surface area contributed by atoms with Gasteiger partial charge in [-0.15, -0.1) is 0 Å². The maximum absolute atomic E-state index is 13.0. The third-order valence-electron chi connectivity index (χ3n) is 2.49. The van der Waals surface area contributed by atoms with Gasteiger partial charge in [-0.1, -0.05) is 81.3 Å². The Hall–Kier alpha value is -1.59. The molecule has 1 nitrogen and oxygen atoms in total. The minimum absolute atomic E-state index is 0.747. The molecule has 0 spiro atoms. The summed E-state index contributed by atoms with van der Waals surface area (Å²) in [6.45, 7) is 14.8. The molecule has 0 amide bonds. The molecule has 0 N–H and O–H groups in total. The fraction of sp³-hybridized carbons (Fsp3) is 0.176. The largest absolute Gasteiger partial charge is 0.314 e. The van der Waals surface area contributed by atoms with E-state index in [-0.39, 0.29) is 0 Å². The van der Waals surface area contributed by atoms with Crippen molar-refractivity contribution in [1.29, 1.82) is 0 Å². The van der Waals surface area contributed by atoms with Crippen molar-refractivity contribution in [3.8, 4) is 0 Å². The summed E-state index contributed by atoms with van der Waals surface area (Å²) < 4.78 is 13.0. The third kappa shape index (κ3) is 5.72. The molecule has 0 aliphatic heterocycles. The second kappa shape index (κ2) is 9.35. The molecule has 1 atom stereocenters. The van der Waals surface area contributed by atoms with Crippen molar-refractivity contribution >= 4 is 7.14 Å². The Morgan fingerprint density at radius 2 is 1.53 bits per heavy atom. The van der Waals surface area contributed by atoms with Gasteiger partial charge in [0.15, 0.2) is 0 Å². The molecule has 102 valence electrons. The SMILES string of the molecule is C=C/C=C\C(=C/C=C)P(C)(=O)C(/C=C\CC)=C/C=C. The van der Waals surface area contributed by atoms with E-state index >= 15 is 0 Å². The Labute approximate surface area is 117 Å². The molecule has 0 fully saturated rings. The second-order valence-electron chi connectivity index (χ2n) is 3.98. The lowest BCUT2D eigenvalue weighted by Gasteiger charge is -2.15. The summed E-state index contributed by atoms with van der Waals surface area (Å²) in [7, 11) is -2.65. The molecule has 1 unspecified atom stereocenters. The Bertz CT molecular complexity index is 487. The van der Waals surface area contributed by atoms with Crippen LogP contribution in [-0.2, 0) is 4.57 Å². The van der Waals surface area contributed by atoms with Crippen LogP contribution in [0.4, 0.5) is 0 Å². The predicted octanol–water partition coefficient (Wildman–Crippen LogP) is 5.83. The summed E-state index contributed by atoms with van der Waals surface area (Å²) >= 11 is 0. The summed E-state index contributed by atoms with van der Waals surface area (Å²) in [6.07, 6.45) is 16.9. The number of hydrogen-bond acceptors (Lipinski definition) is 1. The van der Waals surface area contributed by atoms with Crippen molar-refractivity contribution in [2.45, 2.75) is 13.3 Å². The molecule has 19 heavy (non-hydrogen) atoms. The fourth-order valence-electron chi connectivity index (χ4n) is 1.48. The highest BCUT2D eigenvalue weighted by atomic mass is 31.2. The molecule has 0 heterocycles. The Morgan fingerprint density at radius 3 is 1.95 bits per heavy atom. The van der Waals surface area contributed by atoms with Gasteiger partial charge in [-0.3, -0.25) is 0 Å². The van der Waals surface area contributed by atoms with Gasteiger partial charge in [-0.25, -0.2) is 0 Å². The van der Waals surface area contributed by atoms with Gasteiger partial charge in [0.1, 0.15) is 7.14 Å². The Kier molecular flexibility index (Phi) is 8.57. The molecule has 0 aromatic carbocycles. The standard InChI is InChI=1S/C17H23OP/c1-6-10-14-16(12-8-3)19(5,18)17(13-9-4)15-11-7-2/h6,8-15H,1,3-4,7H2,2,5H3/b14-10-,15-11-,16-12+,17-13+. The van der Waals surface area contributed by atoms with E-state index in [0.29, 0.717) is 0 Å². The zero-order valence-corrected chi connectivity index (χ0v) is 12.8. The predicted molar refractivity (Wildman–Crippen MR) is 88.9 cm³/mol. The zero-order chi connectivity index (χ0) is 14.7. The molecular formula is C17H23OP. The van der Waals surface area contributed by atoms with Crippen LogP contribution in [-0.4, -0.2) is 6.66 Å². The quantitative estimate of drug-likeness (QED) is 0.402. The van der Waals surface area contributed by atoms with Crippen LogP contribution in [0.25, 0.3) is 0 Å². The van der Waals surface area contributed by atoms with Crippen LogP contribution in [0.15, 0.2) is 85.0 Å². The van der Waals surface area contributed by atoms with Crippen molar-refractivity contribution in [1.82, 2.24) is 0 Å². The first-order valence-corrected chi connectivity index (χ1v) is 8.39. The molecule has 0 aromatic heterocycles. The van der Waals surface area contributed by atoms with E-state index in [9.17, 15) is 4.57 Å². The fourth-order valence-corrected chi connectivity index (χ4v) is 3.31. The Morgan fingerprint density at radius 1 is 1.00 bits per heavy atom. The normalized spacial score (nSPS) is 16.5. The molecule has 0 rings (SSSR count). The molecule has 0 saturated heterocycles. The van der Waals surface area contributed by atoms with E-state index in [0.717, 1.165) is 17.0 Å². The van der Waals surface area contributed by atoms with Gasteiger partial charge in [0.05, 0.1) is 0 Å². The van der Waals surface area contributed by atoms with Gasteiger partial charge in [0.25, 0.3) is 0 Å². The number of allylic oxidation sites excluding steroid dienone is 11. The summed E-state index contributed by atoms with van der Waals surface area (Å²) in [5.41, 5.74) is 0. The van der Waals surface area contributed by atoms with Crippen LogP contribution in [0.3, 0.4) is 0 Å². The minimum atomic E-state index is -2.65. The average molecular weight is 274 g/mol. The lowest BCUT2D eigenvalue weighted by atomic mass is 10.4. The van der Waals surface area contributed by atoms with Crippen molar-refractivity contribution in [2.75, 3.05) is 6.66 Å². The third-order valence-corrected chi connectivity index (χ3v) is 5.06. The molecule has 0 aliphatic rings. The highest BCUT2D eigenvalue weighted by Crippen LogP contribution is 2.58. The average Bonchev–Trinajstić information content (AvgIpc) is 2.39. The molecule has 2 heteroatoms. The van der Waals surface area contributed by atoms with Crippen LogP contribution in [0.1, 0.15) is 13.3 Å². The zero-order valence-electron chi connectivity index (χ0n) is 11.9. The Balaban J connectivity index is 5.73. The highest BCUT2D eigenvalue weighted by Gasteiger charge is 2.22. The lowest BCUT2D eigenvalue weighted by Crippen LogP contribution is -1.87. The van der Waals surface area contributed by atoms with Gasteiger partial charge in [0.2, 0.25) is 0 Å². The van der Waals surface area contributed by atoms with Crippen LogP contribution < -0.4 is 0 Å². The van der Waals surface area contributed by atoms with Gasteiger partial charge >= 0.3 is 0 Å². The smallest absolute Gasteiger partial charge is 0.140 e. The van der Waals surface area contributed by atoms with Crippen molar-refractivity contribution in [2.24, 2.45) is 0 Å². The number of hydrogen-bond donors (Lipinski definition) is 0. The summed E-state index contributed by atoms with van der Waals surface area (Å²) in [5, 5.41) is 1.53. The van der Waals surface area contributed by atoms with Gasteiger partial charge in [-0.05, 0) is 13.1 Å². The van der Waals surface area contributed by atoms with E-state index in [1.807, 2.05) is 25.2 Å². The molecule has 0 aromatic rings. The van der Waals surface area contributed by atoms with Crippen molar-refractivity contribution in [3.63, 3.8) is 0 Å². The highest BCUT2D eigenvalue weighted by molar-refractivity contribution is 7.72. The van der Waals surface area contributed by atoms with E-state index in [1.165, 1.54) is 0 Å². The molecule has 0 aliphatic carbocycles. The van der Waals surface area contributed by atoms with E-state index in [2.05, 4.69) is 19.7 Å². The molecular weight excluding hydrogens is 251 g/mol. The van der Waals surface area contributed by atoms with E-state index in [1.54, 1.807) is 43.1 Å². The monoisotopic (exact) mass is 274 g/mol. The first-order valence-electron chi connectivity index (χ1n) is 6.24. The molecule has 0 bridgehead atoms. The van der Waals surface area contributed by atoms with Gasteiger partial charge in [0, 0.05) is 10.6 Å². The lowest BCUT2D eigenvalue weighted by molar-refractivity contribution is 0.587. The summed E-state index contributed by atoms with van der Waals surface area (Å²) in [5.74, 6) is 0. The van der Waals surface area contributed by atoms with Crippen molar-refractivity contribution < 1.29 is 4.57 Å². The first-order chi connectivity index (χ1) is 9.04. The van der Waals surface area contributed by atoms with Crippen LogP contribution >= 0.6 is 7.14 Å². The van der Waals surface area contributed by atoms with Gasteiger partial charge < -0.3 is 4.57 Å². The summed E-state index contributed by atoms with van der Waals surface area (Å²) in [4.78, 5) is 0. The van der Waals surface area contributed by atoms with E-state index < -0.39 is 7.14 Å². The first kappa shape index (κ1) is 17.4. The topological polar surface area (TPSA) is 17.1 Å². The van der Waals surface area contributed by atoms with Gasteiger partial charge in [-0.2, -0.15) is 0 Å². The van der Waals surface area contributed by atoms with E-state index in [4.69, 9.17) is 0 Å². The second-order valence-corrected chi connectivity index (χ2v) is 6.87. The van der Waals surface area contributed by atoms with Crippen molar-refractivity contribution in [3.05, 3.63) is 85.0 Å². The van der Waals surface area contributed by atoms with Crippen LogP contribution in [0, 0.1) is 0 Å². The minimum Gasteiger partial charge on any atom is -0.314 e. The molecule has 0 saturated carbocycles.